The molecule has 2 aliphatic rings. The number of carbonyl (C=O) groups excluding carboxylic acids is 2. The summed E-state index contributed by atoms with van der Waals surface area (Å²) in [6.45, 7) is 6.24. The van der Waals surface area contributed by atoms with Gasteiger partial charge in [-0.1, -0.05) is 0 Å². The zero-order valence-corrected chi connectivity index (χ0v) is 16.1. The number of aromatic nitrogens is 2. The molecule has 3 N–H and O–H groups in total. The number of aliphatic hydroxyl groups excluding tert-OH is 1. The maximum absolute atomic E-state index is 12.4. The molecule has 0 spiro atoms. The summed E-state index contributed by atoms with van der Waals surface area (Å²) in [6, 6.07) is 1.65. The van der Waals surface area contributed by atoms with Crippen molar-refractivity contribution in [1.82, 2.24) is 20.4 Å². The van der Waals surface area contributed by atoms with E-state index >= 15 is 0 Å². The number of carbonyl (C=O) groups is 2. The summed E-state index contributed by atoms with van der Waals surface area (Å²) in [6.07, 6.45) is 1.60. The zero-order chi connectivity index (χ0) is 19.4. The van der Waals surface area contributed by atoms with Crippen LogP contribution < -0.4 is 10.6 Å². The van der Waals surface area contributed by atoms with Crippen molar-refractivity contribution in [2.24, 2.45) is 11.8 Å². The number of nitrogens with one attached hydrogen (secondary N) is 2. The molecule has 8 nitrogen and oxygen atoms in total. The largest absolute Gasteiger partial charge is 0.391 e. The monoisotopic (exact) mass is 378 g/mol. The van der Waals surface area contributed by atoms with Gasteiger partial charge in [0, 0.05) is 37.3 Å². The summed E-state index contributed by atoms with van der Waals surface area (Å²) >= 11 is 0. The summed E-state index contributed by atoms with van der Waals surface area (Å²) in [5.74, 6) is -0.439. The highest BCUT2D eigenvalue weighted by Gasteiger charge is 2.38. The second-order valence-corrected chi connectivity index (χ2v) is 7.68. The molecule has 1 aromatic rings. The van der Waals surface area contributed by atoms with Crippen LogP contribution in [0, 0.1) is 25.7 Å². The molecule has 0 aromatic carbocycles. The van der Waals surface area contributed by atoms with E-state index in [1.165, 1.54) is 0 Å². The molecule has 0 radical (unpaired) electrons. The third-order valence-corrected chi connectivity index (χ3v) is 5.55. The van der Waals surface area contributed by atoms with Crippen molar-refractivity contribution in [3.8, 4) is 0 Å². The van der Waals surface area contributed by atoms with Crippen molar-refractivity contribution < 1.29 is 19.4 Å². The Balaban J connectivity index is 1.43. The SMILES string of the molecule is Cc1cc(C)n(CCNC(=O)[C@H]2C[C@H](NC(=O)C3CCOCC3)[C@@H](O)C2)n1. The average molecular weight is 378 g/mol. The fourth-order valence-electron chi connectivity index (χ4n) is 3.98. The van der Waals surface area contributed by atoms with E-state index in [4.69, 9.17) is 4.74 Å². The van der Waals surface area contributed by atoms with Crippen LogP contribution in [-0.4, -0.2) is 58.6 Å². The minimum Gasteiger partial charge on any atom is -0.391 e. The Bertz CT molecular complexity index is 669. The van der Waals surface area contributed by atoms with E-state index in [2.05, 4.69) is 15.7 Å². The molecule has 1 aliphatic heterocycles. The van der Waals surface area contributed by atoms with Gasteiger partial charge in [-0.05, 0) is 45.6 Å². The summed E-state index contributed by atoms with van der Waals surface area (Å²) in [7, 11) is 0. The molecule has 2 heterocycles. The number of nitrogens with zero attached hydrogens (tertiary/aromatic N) is 2. The van der Waals surface area contributed by atoms with Gasteiger partial charge >= 0.3 is 0 Å². The highest BCUT2D eigenvalue weighted by Crippen LogP contribution is 2.27. The summed E-state index contributed by atoms with van der Waals surface area (Å²) in [4.78, 5) is 24.8. The van der Waals surface area contributed by atoms with E-state index in [9.17, 15) is 14.7 Å². The Kier molecular flexibility index (Phi) is 6.49. The Morgan fingerprint density at radius 1 is 1.22 bits per heavy atom. The smallest absolute Gasteiger partial charge is 0.223 e. The molecule has 1 saturated heterocycles. The maximum atomic E-state index is 12.4. The van der Waals surface area contributed by atoms with Crippen LogP contribution in [0.3, 0.4) is 0 Å². The van der Waals surface area contributed by atoms with Gasteiger partial charge in [-0.2, -0.15) is 5.10 Å². The van der Waals surface area contributed by atoms with Gasteiger partial charge in [0.15, 0.2) is 0 Å². The van der Waals surface area contributed by atoms with Gasteiger partial charge in [0.25, 0.3) is 0 Å². The molecule has 150 valence electrons. The standard InChI is InChI=1S/C19H30N4O4/c1-12-9-13(2)23(22-12)6-5-20-18(25)15-10-16(17(24)11-15)21-19(26)14-3-7-27-8-4-14/h9,14-17,24H,3-8,10-11H2,1-2H3,(H,20,25)(H,21,26)/t15-,16-,17-/m0/s1. The summed E-state index contributed by atoms with van der Waals surface area (Å²) in [5.41, 5.74) is 2.02. The fourth-order valence-corrected chi connectivity index (χ4v) is 3.98. The van der Waals surface area contributed by atoms with Crippen molar-refractivity contribution >= 4 is 11.8 Å². The molecule has 1 aromatic heterocycles. The van der Waals surface area contributed by atoms with Crippen molar-refractivity contribution in [3.63, 3.8) is 0 Å². The molecule has 0 bridgehead atoms. The lowest BCUT2D eigenvalue weighted by atomic mass is 9.98. The number of hydrogen-bond acceptors (Lipinski definition) is 5. The van der Waals surface area contributed by atoms with Crippen molar-refractivity contribution in [3.05, 3.63) is 17.5 Å². The van der Waals surface area contributed by atoms with E-state index in [-0.39, 0.29) is 29.7 Å². The number of hydrogen-bond donors (Lipinski definition) is 3. The molecule has 2 amide bonds. The van der Waals surface area contributed by atoms with E-state index in [0.29, 0.717) is 52.0 Å². The van der Waals surface area contributed by atoms with Crippen LogP contribution in [0.15, 0.2) is 6.07 Å². The number of ether oxygens (including phenoxy) is 1. The second kappa shape index (κ2) is 8.84. The lowest BCUT2D eigenvalue weighted by Gasteiger charge is -2.24. The lowest BCUT2D eigenvalue weighted by molar-refractivity contribution is -0.129. The zero-order valence-electron chi connectivity index (χ0n) is 16.1. The quantitative estimate of drug-likeness (QED) is 0.660. The number of aryl methyl sites for hydroxylation is 2. The molecule has 3 rings (SSSR count). The molecule has 27 heavy (non-hydrogen) atoms. The Labute approximate surface area is 159 Å². The van der Waals surface area contributed by atoms with Crippen LogP contribution in [-0.2, 0) is 20.9 Å². The van der Waals surface area contributed by atoms with Crippen molar-refractivity contribution in [2.75, 3.05) is 19.8 Å². The van der Waals surface area contributed by atoms with Crippen LogP contribution in [0.4, 0.5) is 0 Å². The number of rotatable bonds is 6. The van der Waals surface area contributed by atoms with Gasteiger partial charge in [-0.25, -0.2) is 0 Å². The molecule has 1 aliphatic carbocycles. The van der Waals surface area contributed by atoms with Gasteiger partial charge in [-0.3, -0.25) is 14.3 Å². The summed E-state index contributed by atoms with van der Waals surface area (Å²) in [5, 5.41) is 20.5. The Morgan fingerprint density at radius 2 is 1.96 bits per heavy atom. The molecular weight excluding hydrogens is 348 g/mol. The second-order valence-electron chi connectivity index (χ2n) is 7.68. The van der Waals surface area contributed by atoms with E-state index in [0.717, 1.165) is 11.4 Å². The van der Waals surface area contributed by atoms with Crippen LogP contribution in [0.25, 0.3) is 0 Å². The first-order chi connectivity index (χ1) is 12.9. The molecule has 2 fully saturated rings. The third-order valence-electron chi connectivity index (χ3n) is 5.55. The molecular formula is C19H30N4O4. The molecule has 3 atom stereocenters. The highest BCUT2D eigenvalue weighted by atomic mass is 16.5. The topological polar surface area (TPSA) is 105 Å². The van der Waals surface area contributed by atoms with E-state index < -0.39 is 6.10 Å². The van der Waals surface area contributed by atoms with Crippen LogP contribution in [0.2, 0.25) is 0 Å². The average Bonchev–Trinajstić information content (AvgIpc) is 3.17. The first-order valence-corrected chi connectivity index (χ1v) is 9.79. The maximum Gasteiger partial charge on any atom is 0.223 e. The van der Waals surface area contributed by atoms with Gasteiger partial charge in [0.05, 0.1) is 24.4 Å². The number of amides is 2. The molecule has 1 saturated carbocycles. The van der Waals surface area contributed by atoms with Crippen LogP contribution >= 0.6 is 0 Å². The first-order valence-electron chi connectivity index (χ1n) is 9.79. The van der Waals surface area contributed by atoms with Gasteiger partial charge in [-0.15, -0.1) is 0 Å². The minimum absolute atomic E-state index is 0.0343. The third kappa shape index (κ3) is 5.07. The van der Waals surface area contributed by atoms with E-state index in [1.54, 1.807) is 0 Å². The normalized spacial score (nSPS) is 26.1. The fraction of sp³-hybridized carbons (Fsp3) is 0.737. The predicted octanol–water partition coefficient (Wildman–Crippen LogP) is 0.298. The van der Waals surface area contributed by atoms with Crippen molar-refractivity contribution in [1.29, 1.82) is 0 Å². The van der Waals surface area contributed by atoms with E-state index in [1.807, 2.05) is 24.6 Å². The molecule has 0 unspecified atom stereocenters. The Morgan fingerprint density at radius 3 is 2.63 bits per heavy atom. The minimum atomic E-state index is -0.680. The highest BCUT2D eigenvalue weighted by molar-refractivity contribution is 5.81. The Hall–Kier alpha value is -1.93. The van der Waals surface area contributed by atoms with Crippen molar-refractivity contribution in [2.45, 2.75) is 58.2 Å². The van der Waals surface area contributed by atoms with Crippen LogP contribution in [0.1, 0.15) is 37.1 Å². The van der Waals surface area contributed by atoms with Gasteiger partial charge in [0.1, 0.15) is 0 Å². The predicted molar refractivity (Wildman–Crippen MR) is 98.9 cm³/mol. The lowest BCUT2D eigenvalue weighted by Crippen LogP contribution is -2.44. The number of aliphatic hydroxyl groups is 1. The summed E-state index contributed by atoms with van der Waals surface area (Å²) < 4.78 is 7.15. The van der Waals surface area contributed by atoms with Gasteiger partial charge < -0.3 is 20.5 Å². The first kappa shape index (κ1) is 19.8. The van der Waals surface area contributed by atoms with Crippen LogP contribution in [0.5, 0.6) is 0 Å². The molecule has 8 heteroatoms. The van der Waals surface area contributed by atoms with Gasteiger partial charge in [0.2, 0.25) is 11.8 Å².